The Bertz CT molecular complexity index is 2710. The molecule has 0 N–H and O–H groups in total. The van der Waals surface area contributed by atoms with E-state index in [1.807, 2.05) is 170 Å². The molecule has 8 heteroatoms. The second kappa shape index (κ2) is 26.9. The summed E-state index contributed by atoms with van der Waals surface area (Å²) < 4.78 is 23.1. The Labute approximate surface area is 448 Å². The molecule has 0 heterocycles. The van der Waals surface area contributed by atoms with E-state index in [1.165, 1.54) is 43.1 Å². The first kappa shape index (κ1) is 52.7. The zero-order valence-electron chi connectivity index (χ0n) is 36.8. The summed E-state index contributed by atoms with van der Waals surface area (Å²) in [5.41, 5.74) is 0. The number of hydrogen-bond donors (Lipinski definition) is 0. The Kier molecular flexibility index (Phi) is 20.9. The minimum absolute atomic E-state index is 0. The molecule has 332 valence electrons. The summed E-state index contributed by atoms with van der Waals surface area (Å²) in [6, 6.07) is 88.8. The molecule has 0 spiro atoms. The largest absolute Gasteiger partial charge is 2.00 e. The summed E-state index contributed by atoms with van der Waals surface area (Å²) in [4.78, 5) is 0. The molecule has 0 saturated carbocycles. The average Bonchev–Trinajstić information content (AvgIpc) is 4.15. The van der Waals surface area contributed by atoms with Gasteiger partial charge in [-0.1, -0.05) is 97.1 Å². The van der Waals surface area contributed by atoms with Gasteiger partial charge in [-0.05, 0) is 48.5 Å². The van der Waals surface area contributed by atoms with E-state index in [0.29, 0.717) is 0 Å². The molecule has 0 aliphatic rings. The molecular formula is C60H44Cl2O4Zr2-2. The molecule has 0 aliphatic heterocycles. The molecule has 0 amide bonds. The van der Waals surface area contributed by atoms with Crippen molar-refractivity contribution in [1.82, 2.24) is 0 Å². The standard InChI is InChI=1S/4C15H11O.2ClH.2Zr/c4*1-2-8-14(9-3-1)16-15-10-12-6-4-5-7-13(12)11-15;;;;/h4*1-11H;2*1H;;/q4*-1;;;2*+2/p-2. The van der Waals surface area contributed by atoms with Gasteiger partial charge in [-0.3, -0.25) is 0 Å². The van der Waals surface area contributed by atoms with E-state index in [4.69, 9.17) is 18.9 Å². The van der Waals surface area contributed by atoms with Crippen LogP contribution in [0.1, 0.15) is 0 Å². The molecule has 68 heavy (non-hydrogen) atoms. The fourth-order valence-electron chi connectivity index (χ4n) is 7.22. The predicted octanol–water partition coefficient (Wildman–Crippen LogP) is 11.4. The van der Waals surface area contributed by atoms with Crippen LogP contribution in [-0.4, -0.2) is 0 Å². The third kappa shape index (κ3) is 14.9. The molecule has 0 atom stereocenters. The Morgan fingerprint density at radius 3 is 0.588 bits per heavy atom. The van der Waals surface area contributed by atoms with Gasteiger partial charge in [-0.15, -0.1) is 164 Å². The number of halogens is 2. The third-order valence-corrected chi connectivity index (χ3v) is 10.3. The maximum absolute atomic E-state index is 5.76. The maximum Gasteiger partial charge on any atom is 2.00 e. The Morgan fingerprint density at radius 1 is 0.221 bits per heavy atom. The van der Waals surface area contributed by atoms with Crippen molar-refractivity contribution in [2.24, 2.45) is 0 Å². The number of ether oxygens (including phenoxy) is 4. The van der Waals surface area contributed by atoms with Gasteiger partial charge in [0.1, 0.15) is 23.0 Å². The summed E-state index contributed by atoms with van der Waals surface area (Å²) in [6.45, 7) is 0. The molecule has 0 fully saturated rings. The number of fused-ring (bicyclic) bond motifs is 4. The van der Waals surface area contributed by atoms with Gasteiger partial charge in [-0.2, -0.15) is 0 Å². The molecule has 0 radical (unpaired) electrons. The summed E-state index contributed by atoms with van der Waals surface area (Å²) in [5, 5.41) is 9.73. The topological polar surface area (TPSA) is 36.9 Å². The molecule has 12 aromatic carbocycles. The van der Waals surface area contributed by atoms with Crippen molar-refractivity contribution >= 4 is 43.1 Å². The molecule has 0 saturated heterocycles. The molecule has 0 unspecified atom stereocenters. The van der Waals surface area contributed by atoms with Crippen molar-refractivity contribution in [3.05, 3.63) is 267 Å². The molecular weight excluding hydrogens is 1040 g/mol. The number of para-hydroxylation sites is 4. The molecule has 0 aliphatic carbocycles. The van der Waals surface area contributed by atoms with E-state index in [9.17, 15) is 0 Å². The Balaban J connectivity index is 0.000000166. The first-order valence-corrected chi connectivity index (χ1v) is 21.2. The van der Waals surface area contributed by atoms with Gasteiger partial charge in [0.25, 0.3) is 0 Å². The molecule has 0 aromatic heterocycles. The fraction of sp³-hybridized carbons (Fsp3) is 0. The first-order valence-electron chi connectivity index (χ1n) is 21.2. The van der Waals surface area contributed by atoms with Crippen molar-refractivity contribution in [2.75, 3.05) is 0 Å². The summed E-state index contributed by atoms with van der Waals surface area (Å²) in [7, 11) is 0. The zero-order valence-corrected chi connectivity index (χ0v) is 43.2. The quantitative estimate of drug-likeness (QED) is 0.142. The normalized spacial score (nSPS) is 9.88. The van der Waals surface area contributed by atoms with Gasteiger partial charge < -0.3 is 43.8 Å². The van der Waals surface area contributed by atoms with E-state index >= 15 is 0 Å². The van der Waals surface area contributed by atoms with E-state index in [2.05, 4.69) is 97.1 Å². The van der Waals surface area contributed by atoms with Crippen LogP contribution in [-0.2, 0) is 52.4 Å². The number of rotatable bonds is 8. The van der Waals surface area contributed by atoms with E-state index in [1.54, 1.807) is 0 Å². The molecule has 12 aromatic rings. The van der Waals surface area contributed by atoms with Crippen LogP contribution in [0.4, 0.5) is 0 Å². The van der Waals surface area contributed by atoms with Crippen LogP contribution < -0.4 is 43.8 Å². The number of hydrogen-bond acceptors (Lipinski definition) is 4. The molecule has 12 rings (SSSR count). The Morgan fingerprint density at radius 2 is 0.397 bits per heavy atom. The average molecular weight is 1080 g/mol. The van der Waals surface area contributed by atoms with Crippen LogP contribution >= 0.6 is 0 Å². The zero-order chi connectivity index (χ0) is 43.2. The summed E-state index contributed by atoms with van der Waals surface area (Å²) in [5.74, 6) is 7.07. The maximum atomic E-state index is 5.76. The molecule has 0 bridgehead atoms. The fourth-order valence-corrected chi connectivity index (χ4v) is 7.22. The van der Waals surface area contributed by atoms with Crippen molar-refractivity contribution in [3.63, 3.8) is 0 Å². The van der Waals surface area contributed by atoms with Gasteiger partial charge in [0.05, 0.1) is 0 Å². The van der Waals surface area contributed by atoms with Crippen molar-refractivity contribution in [3.8, 4) is 46.0 Å². The minimum Gasteiger partial charge on any atom is -1.00 e. The SMILES string of the molecule is [Cl-].[Cl-].[Zr+2].[Zr+2].c1ccc(Oc2cc3ccccc3[cH-]2)cc1.c1ccc(Oc2cc3ccccc3[cH-]2)cc1.c1ccc(Oc2cc3ccccc3[cH-]2)cc1.c1ccc(Oc2cc3ccccc3[cH-]2)cc1. The van der Waals surface area contributed by atoms with Gasteiger partial charge >= 0.3 is 52.4 Å². The van der Waals surface area contributed by atoms with Crippen LogP contribution in [0.15, 0.2) is 267 Å². The molecule has 4 nitrogen and oxygen atoms in total. The van der Waals surface area contributed by atoms with E-state index < -0.39 is 0 Å². The second-order valence-corrected chi connectivity index (χ2v) is 14.9. The van der Waals surface area contributed by atoms with Gasteiger partial charge in [0.2, 0.25) is 0 Å². The van der Waals surface area contributed by atoms with Gasteiger partial charge in [-0.25, -0.2) is 0 Å². The monoisotopic (exact) mass is 1080 g/mol. The van der Waals surface area contributed by atoms with Crippen LogP contribution in [0, 0.1) is 0 Å². The smallest absolute Gasteiger partial charge is 1.00 e. The van der Waals surface area contributed by atoms with Gasteiger partial charge in [0.15, 0.2) is 0 Å². The number of benzene rings is 8. The van der Waals surface area contributed by atoms with E-state index in [-0.39, 0.29) is 77.2 Å². The predicted molar refractivity (Wildman–Crippen MR) is 264 cm³/mol. The van der Waals surface area contributed by atoms with Crippen LogP contribution in [0.2, 0.25) is 0 Å². The van der Waals surface area contributed by atoms with Gasteiger partial charge in [0, 0.05) is 23.0 Å². The third-order valence-electron chi connectivity index (χ3n) is 10.3. The second-order valence-electron chi connectivity index (χ2n) is 14.9. The Hall–Kier alpha value is -6.25. The van der Waals surface area contributed by atoms with E-state index in [0.717, 1.165) is 46.0 Å². The minimum atomic E-state index is 0. The van der Waals surface area contributed by atoms with Crippen molar-refractivity contribution < 1.29 is 96.2 Å². The first-order chi connectivity index (χ1) is 31.7. The van der Waals surface area contributed by atoms with Crippen molar-refractivity contribution in [1.29, 1.82) is 0 Å². The summed E-state index contributed by atoms with van der Waals surface area (Å²) in [6.07, 6.45) is 0. The van der Waals surface area contributed by atoms with Crippen LogP contribution in [0.25, 0.3) is 43.1 Å². The van der Waals surface area contributed by atoms with Crippen molar-refractivity contribution in [2.45, 2.75) is 0 Å². The van der Waals surface area contributed by atoms with Crippen LogP contribution in [0.5, 0.6) is 46.0 Å². The van der Waals surface area contributed by atoms with Crippen LogP contribution in [0.3, 0.4) is 0 Å². The summed E-state index contributed by atoms with van der Waals surface area (Å²) >= 11 is 0.